The van der Waals surface area contributed by atoms with Gasteiger partial charge in [0.25, 0.3) is 0 Å². The van der Waals surface area contributed by atoms with Crippen molar-refractivity contribution in [1.82, 2.24) is 0 Å². The summed E-state index contributed by atoms with van der Waals surface area (Å²) >= 11 is 0. The summed E-state index contributed by atoms with van der Waals surface area (Å²) in [5.74, 6) is 0. The number of hydrogen-bond acceptors (Lipinski definition) is 0. The van der Waals surface area contributed by atoms with E-state index >= 15 is 0 Å². The van der Waals surface area contributed by atoms with Crippen LogP contribution < -0.4 is 0 Å². The molecule has 1 heteroatoms. The molecule has 0 bridgehead atoms. The first-order valence-corrected chi connectivity index (χ1v) is 8.62. The van der Waals surface area contributed by atoms with Gasteiger partial charge in [0, 0.05) is 7.26 Å². The zero-order valence-electron chi connectivity index (χ0n) is 10.1. The van der Waals surface area contributed by atoms with E-state index in [1.165, 1.54) is 44.2 Å². The molecule has 0 rings (SSSR count). The Balaban J connectivity index is 3.68. The van der Waals surface area contributed by atoms with Gasteiger partial charge in [-0.05, 0) is 33.6 Å². The highest BCUT2D eigenvalue weighted by Crippen LogP contribution is 2.58. The Morgan fingerprint density at radius 1 is 0.692 bits per heavy atom. The molecule has 0 unspecified atom stereocenters. The Hall–Kier alpha value is 0.430. The van der Waals surface area contributed by atoms with E-state index in [-0.39, 0.29) is 0 Å². The molecule has 0 aliphatic carbocycles. The van der Waals surface area contributed by atoms with Crippen molar-refractivity contribution in [2.24, 2.45) is 0 Å². The summed E-state index contributed by atoms with van der Waals surface area (Å²) in [4.78, 5) is 0. The predicted molar refractivity (Wildman–Crippen MR) is 67.6 cm³/mol. The van der Waals surface area contributed by atoms with Gasteiger partial charge in [-0.15, -0.1) is 0 Å². The first-order chi connectivity index (χ1) is 6.24. The number of hydrogen-bond donors (Lipinski definition) is 0. The zero-order valence-corrected chi connectivity index (χ0v) is 11.0. The van der Waals surface area contributed by atoms with Gasteiger partial charge in [0.15, 0.2) is 0 Å². The molecule has 0 aromatic heterocycles. The van der Waals surface area contributed by atoms with Crippen LogP contribution >= 0.6 is 7.26 Å². The third-order valence-electron chi connectivity index (χ3n) is 3.50. The third-order valence-corrected chi connectivity index (χ3v) is 8.79. The Morgan fingerprint density at radius 3 is 1.62 bits per heavy atom. The second-order valence-electron chi connectivity index (χ2n) is 4.07. The van der Waals surface area contributed by atoms with Gasteiger partial charge in [-0.2, -0.15) is 0 Å². The average Bonchev–Trinajstić information content (AvgIpc) is 2.20. The van der Waals surface area contributed by atoms with Crippen LogP contribution in [0.3, 0.4) is 0 Å². The van der Waals surface area contributed by atoms with Crippen LogP contribution in [0.15, 0.2) is 0 Å². The van der Waals surface area contributed by atoms with Gasteiger partial charge >= 0.3 is 0 Å². The molecule has 0 saturated heterocycles. The lowest BCUT2D eigenvalue weighted by Gasteiger charge is -2.23. The highest BCUT2D eigenvalue weighted by molar-refractivity contribution is 7.75. The fourth-order valence-corrected chi connectivity index (χ4v) is 5.20. The standard InChI is InChI=1S/C12H28P/c1-5-9-10-11-12-13(6-2,7-3)8-4/h5-12H2,1-4H3/q+1. The lowest BCUT2D eigenvalue weighted by atomic mass is 10.2. The molecule has 0 aliphatic heterocycles. The molecule has 0 aromatic rings. The molecule has 0 N–H and O–H groups in total. The summed E-state index contributed by atoms with van der Waals surface area (Å²) in [5.41, 5.74) is 0. The van der Waals surface area contributed by atoms with Gasteiger partial charge in [-0.3, -0.25) is 0 Å². The smallest absolute Gasteiger partial charge is 0.0594 e. The van der Waals surface area contributed by atoms with Crippen LogP contribution in [0.4, 0.5) is 0 Å². The number of rotatable bonds is 8. The van der Waals surface area contributed by atoms with Gasteiger partial charge in [0.2, 0.25) is 0 Å². The molecule has 13 heavy (non-hydrogen) atoms. The van der Waals surface area contributed by atoms with Crippen LogP contribution in [0, 0.1) is 0 Å². The van der Waals surface area contributed by atoms with Crippen molar-refractivity contribution in [3.05, 3.63) is 0 Å². The largest absolute Gasteiger partial charge is 0.0654 e. The van der Waals surface area contributed by atoms with Crippen molar-refractivity contribution in [2.45, 2.75) is 53.4 Å². The molecular formula is C12H28P+. The Bertz CT molecular complexity index is 97.4. The molecule has 0 aromatic carbocycles. The minimum Gasteiger partial charge on any atom is -0.0654 e. The van der Waals surface area contributed by atoms with Crippen molar-refractivity contribution < 1.29 is 0 Å². The van der Waals surface area contributed by atoms with E-state index in [4.69, 9.17) is 0 Å². The van der Waals surface area contributed by atoms with E-state index in [9.17, 15) is 0 Å². The molecule has 0 radical (unpaired) electrons. The molecule has 0 spiro atoms. The SMILES string of the molecule is CCCCCC[P+](CC)(CC)CC. The molecule has 0 amide bonds. The van der Waals surface area contributed by atoms with Crippen molar-refractivity contribution in [1.29, 1.82) is 0 Å². The molecule has 0 atom stereocenters. The fourth-order valence-electron chi connectivity index (χ4n) is 2.02. The predicted octanol–water partition coefficient (Wildman–Crippen LogP) is 4.64. The van der Waals surface area contributed by atoms with Gasteiger partial charge in [-0.25, -0.2) is 0 Å². The van der Waals surface area contributed by atoms with E-state index in [1.54, 1.807) is 6.16 Å². The van der Waals surface area contributed by atoms with Crippen molar-refractivity contribution in [2.75, 3.05) is 24.6 Å². The maximum atomic E-state index is 2.40. The third kappa shape index (κ3) is 5.01. The Kier molecular flexibility index (Phi) is 8.06. The lowest BCUT2D eigenvalue weighted by Crippen LogP contribution is -2.07. The molecular weight excluding hydrogens is 175 g/mol. The van der Waals surface area contributed by atoms with Gasteiger partial charge in [0.1, 0.15) is 0 Å². The summed E-state index contributed by atoms with van der Waals surface area (Å²) in [7, 11) is -0.479. The van der Waals surface area contributed by atoms with E-state index in [0.717, 1.165) is 0 Å². The zero-order chi connectivity index (χ0) is 10.2. The monoisotopic (exact) mass is 203 g/mol. The quantitative estimate of drug-likeness (QED) is 0.398. The first kappa shape index (κ1) is 13.4. The highest BCUT2D eigenvalue weighted by Gasteiger charge is 2.29. The van der Waals surface area contributed by atoms with Crippen LogP contribution in [0.25, 0.3) is 0 Å². The molecule has 0 aliphatic rings. The molecule has 0 saturated carbocycles. The van der Waals surface area contributed by atoms with Crippen LogP contribution in [-0.2, 0) is 0 Å². The van der Waals surface area contributed by atoms with Crippen LogP contribution in [0.5, 0.6) is 0 Å². The van der Waals surface area contributed by atoms with E-state index in [0.29, 0.717) is 0 Å². The summed E-state index contributed by atoms with van der Waals surface area (Å²) in [6, 6.07) is 0. The summed E-state index contributed by atoms with van der Waals surface area (Å²) in [6.07, 6.45) is 11.8. The summed E-state index contributed by atoms with van der Waals surface area (Å²) in [5, 5.41) is 0. The van der Waals surface area contributed by atoms with Crippen LogP contribution in [0.1, 0.15) is 53.4 Å². The Morgan fingerprint density at radius 2 is 1.23 bits per heavy atom. The summed E-state index contributed by atoms with van der Waals surface area (Å²) in [6.45, 7) is 9.50. The topological polar surface area (TPSA) is 0 Å². The van der Waals surface area contributed by atoms with E-state index in [2.05, 4.69) is 27.7 Å². The molecule has 0 nitrogen and oxygen atoms in total. The second-order valence-corrected chi connectivity index (χ2v) is 9.10. The summed E-state index contributed by atoms with van der Waals surface area (Å²) < 4.78 is 0. The minimum atomic E-state index is -0.479. The molecule has 0 fully saturated rings. The van der Waals surface area contributed by atoms with Crippen molar-refractivity contribution >= 4 is 7.26 Å². The van der Waals surface area contributed by atoms with Crippen molar-refractivity contribution in [3.63, 3.8) is 0 Å². The van der Waals surface area contributed by atoms with Gasteiger partial charge in [0.05, 0.1) is 24.6 Å². The lowest BCUT2D eigenvalue weighted by molar-refractivity contribution is 0.703. The maximum Gasteiger partial charge on any atom is 0.0594 e. The fraction of sp³-hybridized carbons (Fsp3) is 1.00. The van der Waals surface area contributed by atoms with Crippen LogP contribution in [0.2, 0.25) is 0 Å². The van der Waals surface area contributed by atoms with Gasteiger partial charge < -0.3 is 0 Å². The molecule has 0 heterocycles. The Labute approximate surface area is 85.8 Å². The van der Waals surface area contributed by atoms with E-state index in [1.807, 2.05) is 0 Å². The maximum absolute atomic E-state index is 2.40. The number of unbranched alkanes of at least 4 members (excludes halogenated alkanes) is 3. The average molecular weight is 203 g/mol. The van der Waals surface area contributed by atoms with E-state index < -0.39 is 7.26 Å². The normalized spacial score (nSPS) is 12.0. The van der Waals surface area contributed by atoms with Crippen LogP contribution in [-0.4, -0.2) is 24.6 Å². The second kappa shape index (κ2) is 7.80. The highest BCUT2D eigenvalue weighted by atomic mass is 31.2. The van der Waals surface area contributed by atoms with Gasteiger partial charge in [-0.1, -0.05) is 19.8 Å². The minimum absolute atomic E-state index is 0.479. The first-order valence-electron chi connectivity index (χ1n) is 6.09. The molecule has 80 valence electrons. The van der Waals surface area contributed by atoms with Crippen molar-refractivity contribution in [3.8, 4) is 0 Å².